The predicted molar refractivity (Wildman–Crippen MR) is 84.9 cm³/mol. The Morgan fingerprint density at radius 3 is 2.45 bits per heavy atom. The van der Waals surface area contributed by atoms with E-state index in [1.165, 1.54) is 12.1 Å². The van der Waals surface area contributed by atoms with Crippen molar-refractivity contribution in [3.05, 3.63) is 36.4 Å². The van der Waals surface area contributed by atoms with Crippen molar-refractivity contribution < 1.29 is 13.2 Å². The monoisotopic (exact) mass is 320 g/mol. The fourth-order valence-corrected chi connectivity index (χ4v) is 3.83. The zero-order valence-corrected chi connectivity index (χ0v) is 13.1. The van der Waals surface area contributed by atoms with Crippen molar-refractivity contribution in [1.82, 2.24) is 4.72 Å². The summed E-state index contributed by atoms with van der Waals surface area (Å²) in [6, 6.07) is 6.39. The van der Waals surface area contributed by atoms with Crippen LogP contribution in [0.15, 0.2) is 41.3 Å². The lowest BCUT2D eigenvalue weighted by Gasteiger charge is -2.10. The van der Waals surface area contributed by atoms with Gasteiger partial charge >= 0.3 is 0 Å². The minimum Gasteiger partial charge on any atom is -0.326 e. The van der Waals surface area contributed by atoms with Crippen LogP contribution in [0.25, 0.3) is 0 Å². The summed E-state index contributed by atoms with van der Waals surface area (Å²) < 4.78 is 26.7. The average molecular weight is 320 g/mol. The number of anilines is 1. The third-order valence-corrected chi connectivity index (χ3v) is 5.44. The molecule has 1 aromatic rings. The maximum atomic E-state index is 12.0. The van der Waals surface area contributed by atoms with Crippen molar-refractivity contribution in [3.8, 4) is 0 Å². The zero-order valence-electron chi connectivity index (χ0n) is 12.3. The first-order chi connectivity index (χ1) is 10.5. The molecule has 2 aliphatic rings. The van der Waals surface area contributed by atoms with E-state index in [2.05, 4.69) is 22.2 Å². The van der Waals surface area contributed by atoms with Gasteiger partial charge in [0.1, 0.15) is 0 Å². The van der Waals surface area contributed by atoms with Crippen molar-refractivity contribution in [1.29, 1.82) is 0 Å². The Hall–Kier alpha value is -1.66. The summed E-state index contributed by atoms with van der Waals surface area (Å²) in [7, 11) is -3.43. The first-order valence-corrected chi connectivity index (χ1v) is 9.10. The lowest BCUT2D eigenvalue weighted by Crippen LogP contribution is -2.25. The van der Waals surface area contributed by atoms with E-state index >= 15 is 0 Å². The number of sulfonamides is 1. The van der Waals surface area contributed by atoms with Gasteiger partial charge in [-0.3, -0.25) is 4.79 Å². The van der Waals surface area contributed by atoms with Crippen LogP contribution >= 0.6 is 0 Å². The molecule has 0 unspecified atom stereocenters. The van der Waals surface area contributed by atoms with Gasteiger partial charge in [0.15, 0.2) is 0 Å². The van der Waals surface area contributed by atoms with Crippen molar-refractivity contribution >= 4 is 21.6 Å². The Morgan fingerprint density at radius 2 is 1.86 bits per heavy atom. The van der Waals surface area contributed by atoms with Gasteiger partial charge in [0.25, 0.3) is 0 Å². The summed E-state index contributed by atoms with van der Waals surface area (Å²) in [5, 5.41) is 2.81. The second-order valence-electron chi connectivity index (χ2n) is 5.94. The van der Waals surface area contributed by atoms with Crippen LogP contribution in [0.1, 0.15) is 32.1 Å². The third-order valence-electron chi connectivity index (χ3n) is 3.91. The Balaban J connectivity index is 1.58. The highest BCUT2D eigenvalue weighted by Crippen LogP contribution is 2.23. The van der Waals surface area contributed by atoms with Crippen LogP contribution in [-0.2, 0) is 14.8 Å². The summed E-state index contributed by atoms with van der Waals surface area (Å²) in [6.07, 6.45) is 8.53. The minimum absolute atomic E-state index is 0.0386. The molecule has 2 N–H and O–H groups in total. The first kappa shape index (κ1) is 15.2. The second-order valence-corrected chi connectivity index (χ2v) is 7.65. The molecule has 1 fully saturated rings. The van der Waals surface area contributed by atoms with E-state index in [0.29, 0.717) is 18.0 Å². The average Bonchev–Trinajstić information content (AvgIpc) is 3.12. The number of rotatable bonds is 6. The molecular formula is C16H20N2O3S. The Morgan fingerprint density at radius 1 is 1.14 bits per heavy atom. The molecule has 0 radical (unpaired) electrons. The van der Waals surface area contributed by atoms with Gasteiger partial charge in [-0.1, -0.05) is 12.2 Å². The van der Waals surface area contributed by atoms with Gasteiger partial charge in [-0.05, 0) is 55.9 Å². The highest BCUT2D eigenvalue weighted by atomic mass is 32.2. The van der Waals surface area contributed by atoms with Crippen molar-refractivity contribution in [2.24, 2.45) is 5.92 Å². The molecule has 0 heterocycles. The van der Waals surface area contributed by atoms with Crippen LogP contribution in [0.4, 0.5) is 5.69 Å². The topological polar surface area (TPSA) is 75.3 Å². The molecule has 1 aromatic carbocycles. The molecule has 22 heavy (non-hydrogen) atoms. The molecule has 0 spiro atoms. The van der Waals surface area contributed by atoms with Gasteiger partial charge in [0.2, 0.25) is 15.9 Å². The number of nitrogens with one attached hydrogen (secondary N) is 2. The van der Waals surface area contributed by atoms with E-state index in [0.717, 1.165) is 25.7 Å². The van der Waals surface area contributed by atoms with Crippen LogP contribution in [0.2, 0.25) is 0 Å². The summed E-state index contributed by atoms with van der Waals surface area (Å²) in [5.41, 5.74) is 0.623. The quantitative estimate of drug-likeness (QED) is 0.790. The SMILES string of the molecule is O=C(C[C@H]1C=CCC1)Nc1ccc(S(=O)(=O)NC2CC2)cc1. The van der Waals surface area contributed by atoms with E-state index in [-0.39, 0.29) is 16.8 Å². The van der Waals surface area contributed by atoms with Crippen molar-refractivity contribution in [2.45, 2.75) is 43.0 Å². The summed E-state index contributed by atoms with van der Waals surface area (Å²) in [6.45, 7) is 0. The van der Waals surface area contributed by atoms with Gasteiger partial charge in [0.05, 0.1) is 4.90 Å². The van der Waals surface area contributed by atoms with Crippen LogP contribution in [0, 0.1) is 5.92 Å². The van der Waals surface area contributed by atoms with Gasteiger partial charge in [-0.2, -0.15) is 0 Å². The third kappa shape index (κ3) is 3.96. The molecule has 3 rings (SSSR count). The largest absolute Gasteiger partial charge is 0.326 e. The van der Waals surface area contributed by atoms with Gasteiger partial charge in [-0.25, -0.2) is 13.1 Å². The molecule has 1 atom stereocenters. The van der Waals surface area contributed by atoms with E-state index in [4.69, 9.17) is 0 Å². The maximum absolute atomic E-state index is 12.0. The number of allylic oxidation sites excluding steroid dienone is 2. The Kier molecular flexibility index (Phi) is 4.31. The number of carbonyl (C=O) groups excluding carboxylic acids is 1. The van der Waals surface area contributed by atoms with E-state index < -0.39 is 10.0 Å². The highest BCUT2D eigenvalue weighted by Gasteiger charge is 2.27. The second kappa shape index (κ2) is 6.22. The van der Waals surface area contributed by atoms with Gasteiger partial charge < -0.3 is 5.32 Å². The fourth-order valence-electron chi connectivity index (χ4n) is 2.52. The Bertz CT molecular complexity index is 676. The molecule has 5 nitrogen and oxygen atoms in total. The molecule has 1 saturated carbocycles. The molecule has 2 aliphatic carbocycles. The number of hydrogen-bond donors (Lipinski definition) is 2. The normalized spacial score (nSPS) is 21.0. The standard InChI is InChI=1S/C16H20N2O3S/c19-16(11-12-3-1-2-4-12)17-13-7-9-15(10-8-13)22(20,21)18-14-5-6-14/h1,3,7-10,12,14,18H,2,4-6,11H2,(H,17,19)/t12-/m0/s1. The zero-order chi connectivity index (χ0) is 15.6. The number of amides is 1. The predicted octanol–water partition coefficient (Wildman–Crippen LogP) is 2.42. The van der Waals surface area contributed by atoms with Crippen molar-refractivity contribution in [3.63, 3.8) is 0 Å². The number of hydrogen-bond acceptors (Lipinski definition) is 3. The van der Waals surface area contributed by atoms with Crippen molar-refractivity contribution in [2.75, 3.05) is 5.32 Å². The molecule has 1 amide bonds. The molecular weight excluding hydrogens is 300 g/mol. The number of benzene rings is 1. The van der Waals surface area contributed by atoms with Gasteiger partial charge in [0, 0.05) is 18.2 Å². The molecule has 118 valence electrons. The van der Waals surface area contributed by atoms with Crippen LogP contribution < -0.4 is 10.0 Å². The van der Waals surface area contributed by atoms with E-state index in [1.54, 1.807) is 12.1 Å². The van der Waals surface area contributed by atoms with E-state index in [1.807, 2.05) is 0 Å². The highest BCUT2D eigenvalue weighted by molar-refractivity contribution is 7.89. The number of carbonyl (C=O) groups is 1. The maximum Gasteiger partial charge on any atom is 0.240 e. The fraction of sp³-hybridized carbons (Fsp3) is 0.438. The summed E-state index contributed by atoms with van der Waals surface area (Å²) in [5.74, 6) is 0.283. The minimum atomic E-state index is -3.43. The van der Waals surface area contributed by atoms with Crippen LogP contribution in [0.5, 0.6) is 0 Å². The first-order valence-electron chi connectivity index (χ1n) is 7.62. The summed E-state index contributed by atoms with van der Waals surface area (Å²) in [4.78, 5) is 12.2. The lowest BCUT2D eigenvalue weighted by atomic mass is 10.1. The smallest absolute Gasteiger partial charge is 0.240 e. The molecule has 0 bridgehead atoms. The van der Waals surface area contributed by atoms with Gasteiger partial charge in [-0.15, -0.1) is 0 Å². The molecule has 0 saturated heterocycles. The van der Waals surface area contributed by atoms with Crippen LogP contribution in [-0.4, -0.2) is 20.4 Å². The molecule has 0 aliphatic heterocycles. The summed E-state index contributed by atoms with van der Waals surface area (Å²) >= 11 is 0. The lowest BCUT2D eigenvalue weighted by molar-refractivity contribution is -0.116. The molecule has 0 aromatic heterocycles. The Labute approximate surface area is 130 Å². The molecule has 6 heteroatoms. The van der Waals surface area contributed by atoms with Crippen LogP contribution in [0.3, 0.4) is 0 Å². The van der Waals surface area contributed by atoms with E-state index in [9.17, 15) is 13.2 Å².